The lowest BCUT2D eigenvalue weighted by Crippen LogP contribution is -2.37. The van der Waals surface area contributed by atoms with Crippen molar-refractivity contribution >= 4 is 27.7 Å². The van der Waals surface area contributed by atoms with E-state index in [9.17, 15) is 14.0 Å². The zero-order valence-electron chi connectivity index (χ0n) is 11.9. The number of benzene rings is 1. The third-order valence-electron chi connectivity index (χ3n) is 3.60. The van der Waals surface area contributed by atoms with Crippen LogP contribution in [0.25, 0.3) is 0 Å². The molecule has 0 spiro atoms. The lowest BCUT2D eigenvalue weighted by Gasteiger charge is -2.22. The Morgan fingerprint density at radius 2 is 1.86 bits per heavy atom. The van der Waals surface area contributed by atoms with Crippen molar-refractivity contribution in [3.63, 3.8) is 0 Å². The maximum atomic E-state index is 13.8. The lowest BCUT2D eigenvalue weighted by molar-refractivity contribution is -0.130. The number of halogens is 2. The van der Waals surface area contributed by atoms with Crippen molar-refractivity contribution in [1.82, 2.24) is 9.80 Å². The standard InChI is InChI=1S/C15H18BrFN2O2/c1-2-14(20)18-6-3-7-19(9-8-18)15(21)12-10-11(16)4-5-13(12)17/h4-5,10H,2-3,6-9H2,1H3. The molecule has 0 atom stereocenters. The molecule has 114 valence electrons. The van der Waals surface area contributed by atoms with E-state index in [0.717, 1.165) is 0 Å². The Morgan fingerprint density at radius 3 is 2.57 bits per heavy atom. The van der Waals surface area contributed by atoms with Gasteiger partial charge in [-0.3, -0.25) is 9.59 Å². The summed E-state index contributed by atoms with van der Waals surface area (Å²) in [6.07, 6.45) is 1.18. The third-order valence-corrected chi connectivity index (χ3v) is 4.09. The number of carbonyl (C=O) groups is 2. The van der Waals surface area contributed by atoms with Gasteiger partial charge in [-0.1, -0.05) is 22.9 Å². The zero-order chi connectivity index (χ0) is 15.4. The first-order valence-corrected chi connectivity index (χ1v) is 7.84. The van der Waals surface area contributed by atoms with Crippen LogP contribution in [-0.4, -0.2) is 47.8 Å². The Kier molecular flexibility index (Phi) is 5.33. The first kappa shape index (κ1) is 15.9. The van der Waals surface area contributed by atoms with E-state index < -0.39 is 5.82 Å². The molecule has 1 fully saturated rings. The van der Waals surface area contributed by atoms with Crippen molar-refractivity contribution in [1.29, 1.82) is 0 Å². The van der Waals surface area contributed by atoms with Gasteiger partial charge in [0, 0.05) is 37.1 Å². The summed E-state index contributed by atoms with van der Waals surface area (Å²) >= 11 is 3.25. The van der Waals surface area contributed by atoms with Gasteiger partial charge in [-0.2, -0.15) is 0 Å². The van der Waals surface area contributed by atoms with Gasteiger partial charge in [0.1, 0.15) is 5.82 Å². The minimum Gasteiger partial charge on any atom is -0.341 e. The van der Waals surface area contributed by atoms with Crippen LogP contribution in [0.15, 0.2) is 22.7 Å². The highest BCUT2D eigenvalue weighted by molar-refractivity contribution is 9.10. The van der Waals surface area contributed by atoms with Crippen LogP contribution in [0.1, 0.15) is 30.1 Å². The Balaban J connectivity index is 2.10. The molecule has 0 aliphatic carbocycles. The van der Waals surface area contributed by atoms with Crippen LogP contribution in [0.2, 0.25) is 0 Å². The van der Waals surface area contributed by atoms with E-state index in [-0.39, 0.29) is 17.4 Å². The van der Waals surface area contributed by atoms with Crippen LogP contribution in [0, 0.1) is 5.82 Å². The van der Waals surface area contributed by atoms with E-state index >= 15 is 0 Å². The highest BCUT2D eigenvalue weighted by atomic mass is 79.9. The first-order chi connectivity index (χ1) is 10.0. The van der Waals surface area contributed by atoms with Gasteiger partial charge >= 0.3 is 0 Å². The molecule has 0 unspecified atom stereocenters. The smallest absolute Gasteiger partial charge is 0.256 e. The second kappa shape index (κ2) is 7.02. The second-order valence-corrected chi connectivity index (χ2v) is 5.92. The summed E-state index contributed by atoms with van der Waals surface area (Å²) in [4.78, 5) is 27.5. The fourth-order valence-electron chi connectivity index (χ4n) is 2.43. The normalized spacial score (nSPS) is 15.8. The zero-order valence-corrected chi connectivity index (χ0v) is 13.5. The predicted molar refractivity (Wildman–Crippen MR) is 81.5 cm³/mol. The van der Waals surface area contributed by atoms with Crippen LogP contribution in [-0.2, 0) is 4.79 Å². The quantitative estimate of drug-likeness (QED) is 0.817. The lowest BCUT2D eigenvalue weighted by atomic mass is 10.2. The van der Waals surface area contributed by atoms with Gasteiger partial charge in [0.15, 0.2) is 0 Å². The minimum absolute atomic E-state index is 0.0691. The topological polar surface area (TPSA) is 40.6 Å². The first-order valence-electron chi connectivity index (χ1n) is 7.05. The molecule has 0 aromatic heterocycles. The average Bonchev–Trinajstić information content (AvgIpc) is 2.74. The highest BCUT2D eigenvalue weighted by Crippen LogP contribution is 2.18. The molecule has 1 aromatic rings. The van der Waals surface area contributed by atoms with E-state index in [1.807, 2.05) is 6.92 Å². The molecule has 2 amide bonds. The Hall–Kier alpha value is -1.43. The maximum absolute atomic E-state index is 13.8. The molecule has 1 heterocycles. The molecule has 0 N–H and O–H groups in total. The fraction of sp³-hybridized carbons (Fsp3) is 0.467. The molecule has 6 heteroatoms. The van der Waals surface area contributed by atoms with E-state index in [1.165, 1.54) is 12.1 Å². The molecule has 2 rings (SSSR count). The summed E-state index contributed by atoms with van der Waals surface area (Å²) < 4.78 is 14.5. The molecule has 1 aliphatic rings. The van der Waals surface area contributed by atoms with E-state index in [4.69, 9.17) is 0 Å². The SMILES string of the molecule is CCC(=O)N1CCCN(C(=O)c2cc(Br)ccc2F)CC1. The minimum atomic E-state index is -0.520. The van der Waals surface area contributed by atoms with E-state index in [1.54, 1.807) is 15.9 Å². The van der Waals surface area contributed by atoms with Gasteiger partial charge in [-0.05, 0) is 24.6 Å². The number of amides is 2. The summed E-state index contributed by atoms with van der Waals surface area (Å²) in [5.74, 6) is -0.744. The highest BCUT2D eigenvalue weighted by Gasteiger charge is 2.23. The van der Waals surface area contributed by atoms with E-state index in [0.29, 0.717) is 43.5 Å². The van der Waals surface area contributed by atoms with Crippen LogP contribution in [0.5, 0.6) is 0 Å². The summed E-state index contributed by atoms with van der Waals surface area (Å²) in [7, 11) is 0. The van der Waals surface area contributed by atoms with Gasteiger partial charge < -0.3 is 9.80 Å². The van der Waals surface area contributed by atoms with Crippen molar-refractivity contribution in [2.24, 2.45) is 0 Å². The van der Waals surface area contributed by atoms with Gasteiger partial charge in [0.25, 0.3) is 5.91 Å². The Morgan fingerprint density at radius 1 is 1.19 bits per heavy atom. The summed E-state index contributed by atoms with van der Waals surface area (Å²) in [5.41, 5.74) is 0.0691. The van der Waals surface area contributed by atoms with Crippen molar-refractivity contribution in [3.05, 3.63) is 34.1 Å². The number of hydrogen-bond acceptors (Lipinski definition) is 2. The van der Waals surface area contributed by atoms with Crippen LogP contribution in [0.3, 0.4) is 0 Å². The molecule has 1 aromatic carbocycles. The van der Waals surface area contributed by atoms with Crippen LogP contribution >= 0.6 is 15.9 Å². The molecule has 21 heavy (non-hydrogen) atoms. The number of carbonyl (C=O) groups excluding carboxylic acids is 2. The van der Waals surface area contributed by atoms with Crippen LogP contribution < -0.4 is 0 Å². The van der Waals surface area contributed by atoms with Gasteiger partial charge in [0.2, 0.25) is 5.91 Å². The Labute approximate surface area is 132 Å². The molecule has 1 saturated heterocycles. The van der Waals surface area contributed by atoms with Crippen LogP contribution in [0.4, 0.5) is 4.39 Å². The molecule has 0 bridgehead atoms. The average molecular weight is 357 g/mol. The third kappa shape index (κ3) is 3.81. The van der Waals surface area contributed by atoms with Gasteiger partial charge in [-0.25, -0.2) is 4.39 Å². The molecule has 4 nitrogen and oxygen atoms in total. The second-order valence-electron chi connectivity index (χ2n) is 5.00. The summed E-state index contributed by atoms with van der Waals surface area (Å²) in [5, 5.41) is 0. The number of nitrogens with zero attached hydrogens (tertiary/aromatic N) is 2. The fourth-order valence-corrected chi connectivity index (χ4v) is 2.79. The van der Waals surface area contributed by atoms with E-state index in [2.05, 4.69) is 15.9 Å². The molecule has 0 radical (unpaired) electrons. The van der Waals surface area contributed by atoms with Crippen molar-refractivity contribution in [3.8, 4) is 0 Å². The van der Waals surface area contributed by atoms with Gasteiger partial charge in [-0.15, -0.1) is 0 Å². The molecular weight excluding hydrogens is 339 g/mol. The monoisotopic (exact) mass is 356 g/mol. The van der Waals surface area contributed by atoms with Crippen molar-refractivity contribution in [2.45, 2.75) is 19.8 Å². The molecular formula is C15H18BrFN2O2. The van der Waals surface area contributed by atoms with Gasteiger partial charge in [0.05, 0.1) is 5.56 Å². The molecule has 1 aliphatic heterocycles. The van der Waals surface area contributed by atoms with Crippen molar-refractivity contribution < 1.29 is 14.0 Å². The number of rotatable bonds is 2. The van der Waals surface area contributed by atoms with Crippen molar-refractivity contribution in [2.75, 3.05) is 26.2 Å². The largest absolute Gasteiger partial charge is 0.341 e. The summed E-state index contributed by atoms with van der Waals surface area (Å²) in [6, 6.07) is 4.34. The Bertz CT molecular complexity index is 550. The maximum Gasteiger partial charge on any atom is 0.256 e. The number of hydrogen-bond donors (Lipinski definition) is 0. The summed E-state index contributed by atoms with van der Waals surface area (Å²) in [6.45, 7) is 3.97. The molecule has 0 saturated carbocycles. The predicted octanol–water partition coefficient (Wildman–Crippen LogP) is 2.67.